The van der Waals surface area contributed by atoms with Gasteiger partial charge in [0.25, 0.3) is 0 Å². The van der Waals surface area contributed by atoms with Crippen LogP contribution in [0.3, 0.4) is 0 Å². The van der Waals surface area contributed by atoms with Crippen LogP contribution in [0.4, 0.5) is 0 Å². The summed E-state index contributed by atoms with van der Waals surface area (Å²) in [5.74, 6) is 0. The van der Waals surface area contributed by atoms with Crippen LogP contribution in [0.1, 0.15) is 45.4 Å². The molecule has 0 saturated heterocycles. The molecule has 0 aliphatic rings. The average molecular weight is 428 g/mol. The normalized spacial score (nSPS) is 12.0. The number of hydrogen-bond donors (Lipinski definition) is 0. The first-order valence-electron chi connectivity index (χ1n) is 11.7. The summed E-state index contributed by atoms with van der Waals surface area (Å²) < 4.78 is 0. The van der Waals surface area contributed by atoms with E-state index in [9.17, 15) is 0 Å². The Morgan fingerprint density at radius 2 is 0.903 bits per heavy atom. The third-order valence-corrected chi connectivity index (χ3v) is 10.3. The number of allylic oxidation sites excluding steroid dienone is 4. The van der Waals surface area contributed by atoms with E-state index in [0.29, 0.717) is 0 Å². The van der Waals surface area contributed by atoms with Crippen molar-refractivity contribution in [1.29, 1.82) is 0 Å². The molecule has 3 aromatic carbocycles. The monoisotopic (exact) mass is 427 g/mol. The second-order valence-electron chi connectivity index (χ2n) is 7.96. The van der Waals surface area contributed by atoms with E-state index in [0.717, 1.165) is 12.8 Å². The maximum absolute atomic E-state index is 2.42. The molecule has 0 saturated carbocycles. The minimum absolute atomic E-state index is 1.11. The molecule has 1 heteroatoms. The maximum Gasteiger partial charge on any atom is 0.112 e. The molecule has 0 amide bonds. The highest BCUT2D eigenvalue weighted by atomic mass is 31.2. The Labute approximate surface area is 190 Å². The first-order valence-corrected chi connectivity index (χ1v) is 13.7. The Kier molecular flexibility index (Phi) is 9.81. The van der Waals surface area contributed by atoms with Gasteiger partial charge in [0.05, 0.1) is 6.16 Å². The van der Waals surface area contributed by atoms with Gasteiger partial charge in [0.2, 0.25) is 0 Å². The molecular formula is C30H36P+. The number of unbranched alkanes of at least 4 members (excludes halogenated alkanes) is 3. The van der Waals surface area contributed by atoms with Gasteiger partial charge in [-0.1, -0.05) is 85.8 Å². The van der Waals surface area contributed by atoms with Gasteiger partial charge in [-0.3, -0.25) is 0 Å². The van der Waals surface area contributed by atoms with Crippen molar-refractivity contribution < 1.29 is 0 Å². The summed E-state index contributed by atoms with van der Waals surface area (Å²) in [5.41, 5.74) is 0. The lowest BCUT2D eigenvalue weighted by atomic mass is 10.1. The van der Waals surface area contributed by atoms with Gasteiger partial charge >= 0.3 is 0 Å². The first-order chi connectivity index (χ1) is 15.4. The lowest BCUT2D eigenvalue weighted by Crippen LogP contribution is -2.33. The van der Waals surface area contributed by atoms with Crippen LogP contribution in [-0.2, 0) is 0 Å². The van der Waals surface area contributed by atoms with Crippen molar-refractivity contribution in [2.45, 2.75) is 45.4 Å². The van der Waals surface area contributed by atoms with Crippen LogP contribution < -0.4 is 15.9 Å². The third kappa shape index (κ3) is 6.52. The molecule has 0 atom stereocenters. The summed E-state index contributed by atoms with van der Waals surface area (Å²) in [6.07, 6.45) is 17.8. The smallest absolute Gasteiger partial charge is 0.0888 e. The molecule has 0 N–H and O–H groups in total. The highest BCUT2D eigenvalue weighted by Gasteiger charge is 2.44. The quantitative estimate of drug-likeness (QED) is 0.160. The molecule has 0 spiro atoms. The summed E-state index contributed by atoms with van der Waals surface area (Å²) >= 11 is 0. The lowest BCUT2D eigenvalue weighted by molar-refractivity contribution is 0.759. The summed E-state index contributed by atoms with van der Waals surface area (Å²) in [6, 6.07) is 33.6. The fourth-order valence-electron chi connectivity index (χ4n) is 4.19. The molecule has 0 aliphatic carbocycles. The minimum Gasteiger partial charge on any atom is -0.0888 e. The van der Waals surface area contributed by atoms with Gasteiger partial charge in [-0.25, -0.2) is 0 Å². The highest BCUT2D eigenvalue weighted by molar-refractivity contribution is 7.95. The van der Waals surface area contributed by atoms with Crippen LogP contribution in [0, 0.1) is 0 Å². The van der Waals surface area contributed by atoms with Crippen molar-refractivity contribution in [2.24, 2.45) is 0 Å². The van der Waals surface area contributed by atoms with E-state index in [4.69, 9.17) is 0 Å². The molecular weight excluding hydrogens is 391 g/mol. The van der Waals surface area contributed by atoms with E-state index in [1.807, 2.05) is 0 Å². The fraction of sp³-hybridized carbons (Fsp3) is 0.267. The van der Waals surface area contributed by atoms with E-state index in [1.54, 1.807) is 0 Å². The predicted octanol–water partition coefficient (Wildman–Crippen LogP) is 7.45. The van der Waals surface area contributed by atoms with Crippen molar-refractivity contribution in [1.82, 2.24) is 0 Å². The van der Waals surface area contributed by atoms with Crippen LogP contribution in [0.5, 0.6) is 0 Å². The number of benzene rings is 3. The fourth-order valence-corrected chi connectivity index (χ4v) is 8.44. The molecule has 0 aromatic heterocycles. The standard InChI is InChI=1S/C30H36P/c1-2-3-4-5-6-7-8-9-10-20-27-31(28-21-14-11-15-22-28,29-23-16-12-17-24-29)30-25-18-13-19-26-30/h3-4,9-19,21-26H,2,5-8,20,27H2,1H3/q+1. The molecule has 3 aromatic rings. The van der Waals surface area contributed by atoms with Crippen LogP contribution >= 0.6 is 7.26 Å². The summed E-state index contributed by atoms with van der Waals surface area (Å²) in [5, 5.41) is 4.43. The topological polar surface area (TPSA) is 0 Å². The van der Waals surface area contributed by atoms with Crippen LogP contribution in [-0.4, -0.2) is 6.16 Å². The van der Waals surface area contributed by atoms with Crippen LogP contribution in [0.15, 0.2) is 115 Å². The molecule has 0 fully saturated rings. The SMILES string of the molecule is CCC=CCCCCC=CCC[P+](c1ccccc1)(c1ccccc1)c1ccccc1. The van der Waals surface area contributed by atoms with Crippen molar-refractivity contribution in [3.8, 4) is 0 Å². The molecule has 0 unspecified atom stereocenters. The maximum atomic E-state index is 2.42. The Bertz CT molecular complexity index is 814. The zero-order chi connectivity index (χ0) is 21.6. The second-order valence-corrected chi connectivity index (χ2v) is 11.6. The largest absolute Gasteiger partial charge is 0.112 e. The molecule has 3 rings (SSSR count). The lowest BCUT2D eigenvalue weighted by Gasteiger charge is -2.27. The number of rotatable bonds is 12. The van der Waals surface area contributed by atoms with E-state index in [1.165, 1.54) is 47.8 Å². The average Bonchev–Trinajstić information content (AvgIpc) is 2.84. The molecule has 0 radical (unpaired) electrons. The van der Waals surface area contributed by atoms with Crippen LogP contribution in [0.2, 0.25) is 0 Å². The van der Waals surface area contributed by atoms with Gasteiger partial charge in [0, 0.05) is 6.42 Å². The second kappa shape index (κ2) is 13.1. The molecule has 31 heavy (non-hydrogen) atoms. The summed E-state index contributed by atoms with van der Waals surface area (Å²) in [6.45, 7) is 2.20. The van der Waals surface area contributed by atoms with E-state index in [-0.39, 0.29) is 0 Å². The van der Waals surface area contributed by atoms with Crippen molar-refractivity contribution >= 4 is 23.2 Å². The van der Waals surface area contributed by atoms with E-state index >= 15 is 0 Å². The van der Waals surface area contributed by atoms with Crippen molar-refractivity contribution in [3.63, 3.8) is 0 Å². The zero-order valence-electron chi connectivity index (χ0n) is 18.9. The highest BCUT2D eigenvalue weighted by Crippen LogP contribution is 2.55. The van der Waals surface area contributed by atoms with Gasteiger partial charge in [0.15, 0.2) is 0 Å². The Morgan fingerprint density at radius 3 is 1.32 bits per heavy atom. The molecule has 160 valence electrons. The van der Waals surface area contributed by atoms with Gasteiger partial charge in [-0.15, -0.1) is 0 Å². The number of hydrogen-bond acceptors (Lipinski definition) is 0. The van der Waals surface area contributed by atoms with Gasteiger partial charge in [-0.2, -0.15) is 0 Å². The molecule has 0 nitrogen and oxygen atoms in total. The zero-order valence-corrected chi connectivity index (χ0v) is 19.8. The molecule has 0 bridgehead atoms. The van der Waals surface area contributed by atoms with Crippen LogP contribution in [0.25, 0.3) is 0 Å². The summed E-state index contributed by atoms with van der Waals surface area (Å²) in [7, 11) is -1.69. The van der Waals surface area contributed by atoms with E-state index in [2.05, 4.69) is 122 Å². The molecule has 0 heterocycles. The van der Waals surface area contributed by atoms with Crippen molar-refractivity contribution in [2.75, 3.05) is 6.16 Å². The first kappa shape index (κ1) is 23.2. The van der Waals surface area contributed by atoms with Gasteiger partial charge in [0.1, 0.15) is 23.2 Å². The Hall–Kier alpha value is -2.43. The minimum atomic E-state index is -1.69. The Balaban J connectivity index is 1.79. The predicted molar refractivity (Wildman–Crippen MR) is 142 cm³/mol. The third-order valence-electron chi connectivity index (χ3n) is 5.78. The Morgan fingerprint density at radius 1 is 0.516 bits per heavy atom. The molecule has 0 aliphatic heterocycles. The van der Waals surface area contributed by atoms with Gasteiger partial charge < -0.3 is 0 Å². The van der Waals surface area contributed by atoms with Crippen molar-refractivity contribution in [3.05, 3.63) is 115 Å². The summed E-state index contributed by atoms with van der Waals surface area (Å²) in [4.78, 5) is 0. The van der Waals surface area contributed by atoms with Gasteiger partial charge in [-0.05, 0) is 68.5 Å². The van der Waals surface area contributed by atoms with E-state index < -0.39 is 7.26 Å².